The lowest BCUT2D eigenvalue weighted by molar-refractivity contribution is -0.130. The number of rotatable bonds is 7. The van der Waals surface area contributed by atoms with Crippen LogP contribution < -0.4 is 15.4 Å². The van der Waals surface area contributed by atoms with Crippen LogP contribution in [0.4, 0.5) is 5.69 Å². The predicted molar refractivity (Wildman–Crippen MR) is 135 cm³/mol. The molecule has 2 unspecified atom stereocenters. The van der Waals surface area contributed by atoms with Crippen molar-refractivity contribution in [2.75, 3.05) is 25.5 Å². The Morgan fingerprint density at radius 3 is 2.50 bits per heavy atom. The van der Waals surface area contributed by atoms with Crippen LogP contribution in [-0.4, -0.2) is 43.0 Å². The Labute approximate surface area is 203 Å². The number of carbonyl (C=O) groups excluding carboxylic acids is 2. The van der Waals surface area contributed by atoms with Gasteiger partial charge in [0, 0.05) is 12.6 Å². The number of likely N-dealkylation sites (tertiary alicyclic amines) is 1. The number of amides is 2. The van der Waals surface area contributed by atoms with E-state index in [1.54, 1.807) is 7.11 Å². The Balaban J connectivity index is 1.52. The molecule has 1 heterocycles. The Morgan fingerprint density at radius 1 is 1.00 bits per heavy atom. The van der Waals surface area contributed by atoms with Crippen molar-refractivity contribution in [3.63, 3.8) is 0 Å². The zero-order valence-electron chi connectivity index (χ0n) is 20.4. The molecule has 2 aromatic carbocycles. The number of anilines is 1. The lowest BCUT2D eigenvalue weighted by Gasteiger charge is -2.38. The Hall–Kier alpha value is -2.86. The molecule has 1 saturated heterocycles. The van der Waals surface area contributed by atoms with Crippen molar-refractivity contribution in [1.29, 1.82) is 0 Å². The van der Waals surface area contributed by atoms with E-state index < -0.39 is 6.04 Å². The first-order chi connectivity index (χ1) is 16.5. The van der Waals surface area contributed by atoms with Gasteiger partial charge in [0.15, 0.2) is 0 Å². The van der Waals surface area contributed by atoms with Crippen LogP contribution in [0, 0.1) is 12.8 Å². The van der Waals surface area contributed by atoms with Gasteiger partial charge in [-0.05, 0) is 62.4 Å². The largest absolute Gasteiger partial charge is 0.495 e. The lowest BCUT2D eigenvalue weighted by Crippen LogP contribution is -2.49. The maximum absolute atomic E-state index is 13.7. The van der Waals surface area contributed by atoms with Crippen molar-refractivity contribution in [3.8, 4) is 5.75 Å². The zero-order chi connectivity index (χ0) is 23.9. The number of ether oxygens (including phenoxy) is 1. The van der Waals surface area contributed by atoms with Crippen LogP contribution in [0.2, 0.25) is 0 Å². The Morgan fingerprint density at radius 2 is 1.76 bits per heavy atom. The van der Waals surface area contributed by atoms with Gasteiger partial charge < -0.3 is 15.4 Å². The molecule has 6 heteroatoms. The van der Waals surface area contributed by atoms with Gasteiger partial charge in [-0.2, -0.15) is 0 Å². The van der Waals surface area contributed by atoms with Gasteiger partial charge in [-0.15, -0.1) is 0 Å². The molecule has 1 aliphatic heterocycles. The fourth-order valence-corrected chi connectivity index (χ4v) is 5.30. The van der Waals surface area contributed by atoms with Gasteiger partial charge >= 0.3 is 0 Å². The maximum atomic E-state index is 13.7. The minimum Gasteiger partial charge on any atom is -0.495 e. The number of aryl methyl sites for hydroxylation is 1. The second-order valence-corrected chi connectivity index (χ2v) is 9.68. The van der Waals surface area contributed by atoms with Gasteiger partial charge in [0.05, 0.1) is 18.7 Å². The molecule has 1 saturated carbocycles. The molecule has 4 rings (SSSR count). The fraction of sp³-hybridized carbons (Fsp3) is 0.500. The molecular formula is C28H37N3O3. The summed E-state index contributed by atoms with van der Waals surface area (Å²) in [7, 11) is 1.61. The van der Waals surface area contributed by atoms with E-state index in [0.29, 0.717) is 24.0 Å². The standard InChI is InChI=1S/C28H37N3O3/c1-20-15-16-25(34-2)24(18-20)30-28(33)26(21-10-5-3-6-11-21)31-17-9-12-22(19-31)27(32)29-23-13-7-4-8-14-23/h3,5-6,10-11,15-16,18,22-23,26H,4,7-9,12-14,17,19H2,1-2H3,(H,29,32)(H,30,33). The second-order valence-electron chi connectivity index (χ2n) is 9.68. The quantitative estimate of drug-likeness (QED) is 0.616. The summed E-state index contributed by atoms with van der Waals surface area (Å²) in [6, 6.07) is 15.4. The minimum absolute atomic E-state index is 0.0943. The zero-order valence-corrected chi connectivity index (χ0v) is 20.4. The van der Waals surface area contributed by atoms with E-state index in [9.17, 15) is 9.59 Å². The first-order valence-electron chi connectivity index (χ1n) is 12.6. The van der Waals surface area contributed by atoms with E-state index in [4.69, 9.17) is 4.74 Å². The van der Waals surface area contributed by atoms with E-state index in [0.717, 1.165) is 43.4 Å². The van der Waals surface area contributed by atoms with Crippen LogP contribution in [0.5, 0.6) is 5.75 Å². The highest BCUT2D eigenvalue weighted by atomic mass is 16.5. The molecule has 0 bridgehead atoms. The number of carbonyl (C=O) groups is 2. The third-order valence-corrected chi connectivity index (χ3v) is 7.12. The summed E-state index contributed by atoms with van der Waals surface area (Å²) in [4.78, 5) is 28.9. The van der Waals surface area contributed by atoms with Gasteiger partial charge in [0.1, 0.15) is 11.8 Å². The molecule has 0 spiro atoms. The van der Waals surface area contributed by atoms with Crippen LogP contribution in [0.3, 0.4) is 0 Å². The molecule has 2 N–H and O–H groups in total. The first-order valence-corrected chi connectivity index (χ1v) is 12.6. The topological polar surface area (TPSA) is 70.7 Å². The van der Waals surface area contributed by atoms with Crippen molar-refractivity contribution in [1.82, 2.24) is 10.2 Å². The molecule has 6 nitrogen and oxygen atoms in total. The van der Waals surface area contributed by atoms with Crippen molar-refractivity contribution in [2.24, 2.45) is 5.92 Å². The van der Waals surface area contributed by atoms with E-state index in [-0.39, 0.29) is 17.7 Å². The highest BCUT2D eigenvalue weighted by Gasteiger charge is 2.35. The summed E-state index contributed by atoms with van der Waals surface area (Å²) >= 11 is 0. The molecule has 1 aliphatic carbocycles. The normalized spacial score (nSPS) is 20.4. The van der Waals surface area contributed by atoms with Crippen LogP contribution in [-0.2, 0) is 9.59 Å². The third-order valence-electron chi connectivity index (χ3n) is 7.12. The molecule has 0 aromatic heterocycles. The van der Waals surface area contributed by atoms with Crippen LogP contribution >= 0.6 is 0 Å². The van der Waals surface area contributed by atoms with Gasteiger partial charge in [-0.25, -0.2) is 0 Å². The number of nitrogens with zero attached hydrogens (tertiary/aromatic N) is 1. The number of nitrogens with one attached hydrogen (secondary N) is 2. The smallest absolute Gasteiger partial charge is 0.246 e. The van der Waals surface area contributed by atoms with Crippen LogP contribution in [0.15, 0.2) is 48.5 Å². The van der Waals surface area contributed by atoms with Gasteiger partial charge in [0.25, 0.3) is 0 Å². The van der Waals surface area contributed by atoms with Crippen molar-refractivity contribution < 1.29 is 14.3 Å². The monoisotopic (exact) mass is 463 g/mol. The number of hydrogen-bond acceptors (Lipinski definition) is 4. The van der Waals surface area contributed by atoms with E-state index in [1.165, 1.54) is 19.3 Å². The van der Waals surface area contributed by atoms with Gasteiger partial charge in [0.2, 0.25) is 11.8 Å². The number of hydrogen-bond donors (Lipinski definition) is 2. The molecule has 2 aromatic rings. The molecule has 2 fully saturated rings. The third kappa shape index (κ3) is 5.98. The molecule has 182 valence electrons. The molecule has 2 aliphatic rings. The first kappa shape index (κ1) is 24.3. The van der Waals surface area contributed by atoms with Gasteiger partial charge in [-0.3, -0.25) is 14.5 Å². The minimum atomic E-state index is -0.475. The summed E-state index contributed by atoms with van der Waals surface area (Å²) in [5, 5.41) is 6.40. The van der Waals surface area contributed by atoms with E-state index in [2.05, 4.69) is 15.5 Å². The van der Waals surface area contributed by atoms with E-state index >= 15 is 0 Å². The summed E-state index contributed by atoms with van der Waals surface area (Å²) in [6.45, 7) is 3.35. The molecule has 2 amide bonds. The summed E-state index contributed by atoms with van der Waals surface area (Å²) in [6.07, 6.45) is 7.58. The summed E-state index contributed by atoms with van der Waals surface area (Å²) < 4.78 is 5.47. The van der Waals surface area contributed by atoms with Crippen LogP contribution in [0.25, 0.3) is 0 Å². The average Bonchev–Trinajstić information content (AvgIpc) is 2.86. The fourth-order valence-electron chi connectivity index (χ4n) is 5.30. The Bertz CT molecular complexity index is 972. The number of piperidine rings is 1. The second kappa shape index (κ2) is 11.5. The maximum Gasteiger partial charge on any atom is 0.246 e. The van der Waals surface area contributed by atoms with Crippen molar-refractivity contribution >= 4 is 17.5 Å². The van der Waals surface area contributed by atoms with Crippen molar-refractivity contribution in [2.45, 2.75) is 64.0 Å². The lowest BCUT2D eigenvalue weighted by atomic mass is 9.91. The van der Waals surface area contributed by atoms with Gasteiger partial charge in [-0.1, -0.05) is 55.7 Å². The molecule has 34 heavy (non-hydrogen) atoms. The van der Waals surface area contributed by atoms with Crippen LogP contribution in [0.1, 0.15) is 62.1 Å². The van der Waals surface area contributed by atoms with E-state index in [1.807, 2.05) is 55.5 Å². The molecular weight excluding hydrogens is 426 g/mol. The number of methoxy groups -OCH3 is 1. The average molecular weight is 464 g/mol. The molecule has 2 atom stereocenters. The summed E-state index contributed by atoms with van der Waals surface area (Å²) in [5.41, 5.74) is 2.64. The summed E-state index contributed by atoms with van der Waals surface area (Å²) in [5.74, 6) is 0.574. The molecule has 0 radical (unpaired) electrons. The highest BCUT2D eigenvalue weighted by Crippen LogP contribution is 2.31. The number of benzene rings is 2. The Kier molecular flexibility index (Phi) is 8.22. The van der Waals surface area contributed by atoms with Crippen molar-refractivity contribution in [3.05, 3.63) is 59.7 Å². The predicted octanol–water partition coefficient (Wildman–Crippen LogP) is 4.84. The highest BCUT2D eigenvalue weighted by molar-refractivity contribution is 5.97. The SMILES string of the molecule is COc1ccc(C)cc1NC(=O)C(c1ccccc1)N1CCCC(C(=O)NC2CCCCC2)C1.